The van der Waals surface area contributed by atoms with E-state index in [2.05, 4.69) is 10.6 Å². The van der Waals surface area contributed by atoms with Crippen LogP contribution >= 0.6 is 0 Å². The van der Waals surface area contributed by atoms with E-state index in [0.717, 1.165) is 4.31 Å². The van der Waals surface area contributed by atoms with Crippen molar-refractivity contribution in [3.05, 3.63) is 18.2 Å². The van der Waals surface area contributed by atoms with Crippen LogP contribution in [0.3, 0.4) is 0 Å². The van der Waals surface area contributed by atoms with Gasteiger partial charge in [0.25, 0.3) is 0 Å². The molecule has 2 N–H and O–H groups in total. The summed E-state index contributed by atoms with van der Waals surface area (Å²) in [7, 11) is -2.55. The van der Waals surface area contributed by atoms with Crippen LogP contribution in [0.15, 0.2) is 23.1 Å². The lowest BCUT2D eigenvalue weighted by Crippen LogP contribution is -2.46. The zero-order chi connectivity index (χ0) is 18.7. The van der Waals surface area contributed by atoms with Gasteiger partial charge in [-0.25, -0.2) is 8.42 Å². The monoisotopic (exact) mass is 385 g/mol. The van der Waals surface area contributed by atoms with Gasteiger partial charge in [-0.2, -0.15) is 4.31 Å². The molecule has 0 unspecified atom stereocenters. The van der Waals surface area contributed by atoms with Crippen LogP contribution < -0.4 is 20.1 Å². The zero-order valence-corrected chi connectivity index (χ0v) is 14.9. The highest BCUT2D eigenvalue weighted by atomic mass is 32.2. The Kier molecular flexibility index (Phi) is 5.30. The summed E-state index contributed by atoms with van der Waals surface area (Å²) in [6.45, 7) is 0.932. The third kappa shape index (κ3) is 3.59. The number of nitrogens with one attached hydrogen (secondary N) is 2. The molecule has 0 bridgehead atoms. The van der Waals surface area contributed by atoms with Gasteiger partial charge >= 0.3 is 11.8 Å². The van der Waals surface area contributed by atoms with Gasteiger partial charge in [-0.15, -0.1) is 0 Å². The first-order valence-electron chi connectivity index (χ1n) is 7.96. The maximum absolute atomic E-state index is 12.9. The van der Waals surface area contributed by atoms with Crippen molar-refractivity contribution in [1.29, 1.82) is 0 Å². The van der Waals surface area contributed by atoms with Crippen molar-refractivity contribution in [2.24, 2.45) is 0 Å². The first-order valence-corrected chi connectivity index (χ1v) is 9.40. The minimum Gasteiger partial charge on any atom is -0.486 e. The van der Waals surface area contributed by atoms with Crippen LogP contribution in [0.1, 0.15) is 0 Å². The van der Waals surface area contributed by atoms with Gasteiger partial charge in [0.05, 0.1) is 18.0 Å². The molecule has 1 aromatic rings. The molecule has 0 saturated carbocycles. The lowest BCUT2D eigenvalue weighted by Gasteiger charge is -2.24. The van der Waals surface area contributed by atoms with E-state index in [9.17, 15) is 18.0 Å². The molecule has 0 aliphatic carbocycles. The van der Waals surface area contributed by atoms with Gasteiger partial charge in [0, 0.05) is 19.7 Å². The number of sulfonamides is 1. The summed E-state index contributed by atoms with van der Waals surface area (Å²) in [6.07, 6.45) is -0.901. The molecule has 1 saturated heterocycles. The van der Waals surface area contributed by atoms with Crippen LogP contribution in [0.25, 0.3) is 0 Å². The van der Waals surface area contributed by atoms with Crippen LogP contribution in [-0.2, 0) is 24.3 Å². The fourth-order valence-corrected chi connectivity index (χ4v) is 4.16. The second-order valence-corrected chi connectivity index (χ2v) is 7.43. The maximum atomic E-state index is 12.9. The van der Waals surface area contributed by atoms with Crippen molar-refractivity contribution in [1.82, 2.24) is 14.9 Å². The summed E-state index contributed by atoms with van der Waals surface area (Å²) >= 11 is 0. The number of nitrogens with zero attached hydrogens (tertiary/aromatic N) is 1. The third-order valence-electron chi connectivity index (χ3n) is 3.93. The highest BCUT2D eigenvalue weighted by Crippen LogP contribution is 2.34. The summed E-state index contributed by atoms with van der Waals surface area (Å²) in [5.41, 5.74) is 0. The molecule has 0 radical (unpaired) electrons. The maximum Gasteiger partial charge on any atom is 0.309 e. The van der Waals surface area contributed by atoms with E-state index in [1.54, 1.807) is 6.07 Å². The number of rotatable bonds is 4. The van der Waals surface area contributed by atoms with Crippen LogP contribution in [0.5, 0.6) is 11.5 Å². The Bertz CT molecular complexity index is 811. The van der Waals surface area contributed by atoms with Crippen LogP contribution in [0.4, 0.5) is 0 Å². The molecule has 1 fully saturated rings. The minimum absolute atomic E-state index is 0.0369. The number of fused-ring (bicyclic) bond motifs is 1. The fourth-order valence-electron chi connectivity index (χ4n) is 2.63. The molecule has 2 heterocycles. The molecular weight excluding hydrogens is 366 g/mol. The molecule has 0 spiro atoms. The van der Waals surface area contributed by atoms with Gasteiger partial charge in [-0.3, -0.25) is 9.59 Å². The number of carbonyl (C=O) groups excluding carboxylic acids is 2. The molecule has 2 aliphatic heterocycles. The van der Waals surface area contributed by atoms with E-state index in [-0.39, 0.29) is 24.6 Å². The molecule has 3 rings (SSSR count). The number of hydrogen-bond donors (Lipinski definition) is 2. The Morgan fingerprint density at radius 3 is 2.62 bits per heavy atom. The topological polar surface area (TPSA) is 123 Å². The second kappa shape index (κ2) is 7.48. The second-order valence-electron chi connectivity index (χ2n) is 5.54. The molecule has 142 valence electrons. The molecular formula is C15H19N3O7S. The van der Waals surface area contributed by atoms with Crippen molar-refractivity contribution in [3.8, 4) is 11.5 Å². The van der Waals surface area contributed by atoms with Gasteiger partial charge in [-0.05, 0) is 12.1 Å². The minimum atomic E-state index is -3.87. The molecule has 1 atom stereocenters. The molecule has 1 aromatic carbocycles. The number of likely N-dealkylation sites (N-methyl/N-ethyl adjacent to an activating group) is 1. The molecule has 0 aromatic heterocycles. The van der Waals surface area contributed by atoms with Crippen LogP contribution in [0.2, 0.25) is 0 Å². The van der Waals surface area contributed by atoms with Gasteiger partial charge in [0.1, 0.15) is 19.4 Å². The Morgan fingerprint density at radius 1 is 1.15 bits per heavy atom. The number of ether oxygens (including phenoxy) is 3. The summed E-state index contributed by atoms with van der Waals surface area (Å²) in [5.74, 6) is -0.826. The summed E-state index contributed by atoms with van der Waals surface area (Å²) in [5, 5.41) is 4.54. The Hall–Kier alpha value is -2.37. The van der Waals surface area contributed by atoms with E-state index in [1.165, 1.54) is 19.2 Å². The van der Waals surface area contributed by atoms with Crippen molar-refractivity contribution >= 4 is 21.8 Å². The Labute approximate surface area is 150 Å². The Balaban J connectivity index is 1.75. The first kappa shape index (κ1) is 18.4. The van der Waals surface area contributed by atoms with E-state index in [4.69, 9.17) is 14.2 Å². The highest BCUT2D eigenvalue weighted by molar-refractivity contribution is 7.89. The number of hydrogen-bond acceptors (Lipinski definition) is 7. The lowest BCUT2D eigenvalue weighted by atomic mass is 10.3. The average Bonchev–Trinajstić information content (AvgIpc) is 3.14. The lowest BCUT2D eigenvalue weighted by molar-refractivity contribution is -0.139. The molecule has 26 heavy (non-hydrogen) atoms. The van der Waals surface area contributed by atoms with Crippen molar-refractivity contribution < 1.29 is 32.2 Å². The van der Waals surface area contributed by atoms with E-state index < -0.39 is 28.1 Å². The van der Waals surface area contributed by atoms with Gasteiger partial charge in [0.2, 0.25) is 10.0 Å². The average molecular weight is 385 g/mol. The zero-order valence-electron chi connectivity index (χ0n) is 14.1. The summed E-state index contributed by atoms with van der Waals surface area (Å²) in [4.78, 5) is 22.8. The number of carbonyl (C=O) groups is 2. The highest BCUT2D eigenvalue weighted by Gasteiger charge is 2.37. The molecule has 10 nitrogen and oxygen atoms in total. The predicted molar refractivity (Wildman–Crippen MR) is 88.1 cm³/mol. The predicted octanol–water partition coefficient (Wildman–Crippen LogP) is -1.33. The first-order chi connectivity index (χ1) is 12.4. The van der Waals surface area contributed by atoms with E-state index >= 15 is 0 Å². The van der Waals surface area contributed by atoms with Crippen LogP contribution in [-0.4, -0.2) is 70.7 Å². The molecule has 2 aliphatic rings. The summed E-state index contributed by atoms with van der Waals surface area (Å²) < 4.78 is 43.2. The number of benzene rings is 1. The van der Waals surface area contributed by atoms with Crippen molar-refractivity contribution in [3.63, 3.8) is 0 Å². The van der Waals surface area contributed by atoms with E-state index in [0.29, 0.717) is 24.7 Å². The largest absolute Gasteiger partial charge is 0.486 e. The van der Waals surface area contributed by atoms with Crippen LogP contribution in [0, 0.1) is 0 Å². The van der Waals surface area contributed by atoms with Gasteiger partial charge in [0.15, 0.2) is 11.5 Å². The molecule has 11 heteroatoms. The van der Waals surface area contributed by atoms with E-state index in [1.807, 2.05) is 0 Å². The van der Waals surface area contributed by atoms with Crippen molar-refractivity contribution in [2.45, 2.75) is 11.1 Å². The third-order valence-corrected chi connectivity index (χ3v) is 5.82. The normalized spacial score (nSPS) is 19.8. The SMILES string of the molecule is CNC(=O)C(=O)NC[C@@H]1OCCN1S(=O)(=O)c1ccc2c(c1)OCCO2. The fraction of sp³-hybridized carbons (Fsp3) is 0.467. The number of amides is 2. The quantitative estimate of drug-likeness (QED) is 0.616. The van der Waals surface area contributed by atoms with Crippen molar-refractivity contribution in [2.75, 3.05) is 40.0 Å². The smallest absolute Gasteiger partial charge is 0.309 e. The van der Waals surface area contributed by atoms with Gasteiger partial charge in [-0.1, -0.05) is 0 Å². The Morgan fingerprint density at radius 2 is 1.88 bits per heavy atom. The van der Waals surface area contributed by atoms with Gasteiger partial charge < -0.3 is 24.8 Å². The molecule has 2 amide bonds. The standard InChI is InChI=1S/C15H19N3O7S/c1-16-14(19)15(20)17-9-13-18(4-5-25-13)26(21,22)10-2-3-11-12(8-10)24-7-6-23-11/h2-3,8,13H,4-7,9H2,1H3,(H,16,19)(H,17,20)/t13-/m0/s1. The summed E-state index contributed by atoms with van der Waals surface area (Å²) in [6, 6.07) is 4.38.